The van der Waals surface area contributed by atoms with Crippen LogP contribution in [-0.2, 0) is 0 Å². The third kappa shape index (κ3) is 12.6. The molecular formula is C60H63F3N12O4. The van der Waals surface area contributed by atoms with Crippen molar-refractivity contribution in [2.75, 3.05) is 5.32 Å². The Kier molecular flexibility index (Phi) is 15.8. The molecule has 8 heterocycles. The van der Waals surface area contributed by atoms with E-state index in [4.69, 9.17) is 6.42 Å². The summed E-state index contributed by atoms with van der Waals surface area (Å²) in [4.78, 5) is 66.1. The molecule has 1 aromatic carbocycles. The summed E-state index contributed by atoms with van der Waals surface area (Å²) in [5.41, 5.74) is 9.83. The number of nitrogens with one attached hydrogen (secondary N) is 4. The highest BCUT2D eigenvalue weighted by Gasteiger charge is 2.50. The predicted molar refractivity (Wildman–Crippen MR) is 296 cm³/mol. The Morgan fingerprint density at radius 3 is 1.29 bits per heavy atom. The fraction of sp³-hybridized carbons (Fsp3) is 0.333. The second-order valence-corrected chi connectivity index (χ2v) is 21.1. The molecule has 3 fully saturated rings. The van der Waals surface area contributed by atoms with Gasteiger partial charge in [0.25, 0.3) is 23.6 Å². The van der Waals surface area contributed by atoms with E-state index in [1.807, 2.05) is 89.8 Å². The standard InChI is InChI=1S/C17H13N3O.C15H19N3O.C14H14F3N3O.C14H17N3O/c1-3-13-5-7-14(8-6-13)19-17(21)15-9-4-12(2)20-11-10-18-16(15)20;1-10-4-7-12(13-16-8-9-18(10)13)14(19)17-15(2,3)11-5-6-11;1-8-2-5-10(12-18-6-7-20(8)12)13(21)19-11(9-3-4-9)14(15,16)17;1-9-3-6-12(13-15-7-8-17(9)13)14(18)16-10(2)11-4-5-11/h1,4-11H,2H3,(H,19,21);4,7-9,11H,5-6H2,1-3H3,(H,17,19);2,5-7,9,11H,3-4H2,1H3,(H,19,21);3,6-8,10-11H,4-5H2,1-2H3,(H,16,18)/t;;;10-/m...0/s1. The van der Waals surface area contributed by atoms with Gasteiger partial charge < -0.3 is 38.9 Å². The largest absolute Gasteiger partial charge is 0.408 e. The third-order valence-corrected chi connectivity index (χ3v) is 14.8. The molecule has 12 rings (SSSR count). The molecule has 0 aliphatic heterocycles. The summed E-state index contributed by atoms with van der Waals surface area (Å²) >= 11 is 0. The number of alkyl halides is 3. The SMILES string of the molecule is C#Cc1ccc(NC(=O)c2ccc(C)n3ccnc23)cc1.Cc1ccc(C(=O)NC(C)(C)C2CC2)c2nccn12.Cc1ccc(C(=O)NC(C2CC2)C(F)(F)F)c2nccn12.Cc1ccc(C(=O)N[C@@H](C)C2CC2)c2nccn12. The number of rotatable bonds is 11. The van der Waals surface area contributed by atoms with Crippen molar-refractivity contribution in [3.05, 3.63) is 173 Å². The van der Waals surface area contributed by atoms with Crippen LogP contribution in [0.25, 0.3) is 22.6 Å². The summed E-state index contributed by atoms with van der Waals surface area (Å²) in [6.07, 6.45) is 20.7. The van der Waals surface area contributed by atoms with E-state index in [1.54, 1.807) is 65.6 Å². The number of amides is 4. The topological polar surface area (TPSA) is 186 Å². The molecular weight excluding hydrogens is 1010 g/mol. The average molecular weight is 1070 g/mol. The molecule has 8 aromatic heterocycles. The maximum atomic E-state index is 13.0. The molecule has 3 aliphatic rings. The number of anilines is 1. The van der Waals surface area contributed by atoms with E-state index in [9.17, 15) is 32.3 Å². The monoisotopic (exact) mass is 1070 g/mol. The zero-order valence-electron chi connectivity index (χ0n) is 45.1. The smallest absolute Gasteiger partial charge is 0.349 e. The van der Waals surface area contributed by atoms with Crippen LogP contribution in [0.2, 0.25) is 0 Å². The lowest BCUT2D eigenvalue weighted by atomic mass is 9.98. The van der Waals surface area contributed by atoms with Gasteiger partial charge in [-0.25, -0.2) is 19.9 Å². The lowest BCUT2D eigenvalue weighted by molar-refractivity contribution is -0.158. The minimum absolute atomic E-state index is 0.0226. The van der Waals surface area contributed by atoms with E-state index in [0.717, 1.165) is 39.6 Å². The molecule has 0 bridgehead atoms. The molecule has 0 saturated heterocycles. The summed E-state index contributed by atoms with van der Waals surface area (Å²) in [5.74, 6) is 2.32. The maximum Gasteiger partial charge on any atom is 0.408 e. The number of hydrogen-bond donors (Lipinski definition) is 4. The van der Waals surface area contributed by atoms with Gasteiger partial charge in [-0.1, -0.05) is 5.92 Å². The molecule has 408 valence electrons. The summed E-state index contributed by atoms with van der Waals surface area (Å²) in [6, 6.07) is 20.1. The molecule has 3 saturated carbocycles. The van der Waals surface area contributed by atoms with Crippen LogP contribution in [0.3, 0.4) is 0 Å². The first kappa shape index (κ1) is 55.0. The Labute approximate surface area is 455 Å². The summed E-state index contributed by atoms with van der Waals surface area (Å²) in [7, 11) is 0. The Morgan fingerprint density at radius 2 is 0.924 bits per heavy atom. The summed E-state index contributed by atoms with van der Waals surface area (Å²) < 4.78 is 46.4. The number of terminal acetylenes is 1. The molecule has 4 N–H and O–H groups in total. The second-order valence-electron chi connectivity index (χ2n) is 21.1. The van der Waals surface area contributed by atoms with E-state index in [2.05, 4.69) is 67.9 Å². The Balaban J connectivity index is 0.000000128. The normalized spacial score (nSPS) is 14.8. The lowest BCUT2D eigenvalue weighted by Crippen LogP contribution is -2.47. The van der Waals surface area contributed by atoms with Crippen molar-refractivity contribution in [3.63, 3.8) is 0 Å². The van der Waals surface area contributed by atoms with Gasteiger partial charge in [0.1, 0.15) is 28.6 Å². The molecule has 16 nitrogen and oxygen atoms in total. The van der Waals surface area contributed by atoms with Crippen LogP contribution in [0.5, 0.6) is 0 Å². The number of pyridine rings is 4. The molecule has 0 spiro atoms. The number of halogens is 3. The van der Waals surface area contributed by atoms with Crippen LogP contribution in [0.15, 0.2) is 122 Å². The zero-order chi connectivity index (χ0) is 56.3. The van der Waals surface area contributed by atoms with Crippen molar-refractivity contribution in [2.24, 2.45) is 17.8 Å². The fourth-order valence-electron chi connectivity index (χ4n) is 9.52. The van der Waals surface area contributed by atoms with Crippen molar-refractivity contribution in [1.29, 1.82) is 0 Å². The van der Waals surface area contributed by atoms with Gasteiger partial charge in [0.2, 0.25) is 0 Å². The maximum absolute atomic E-state index is 13.0. The molecule has 1 unspecified atom stereocenters. The number of imidazole rings is 4. The number of hydrogen-bond acceptors (Lipinski definition) is 8. The first-order chi connectivity index (χ1) is 37.7. The molecule has 4 amide bonds. The van der Waals surface area contributed by atoms with E-state index < -0.39 is 24.0 Å². The highest BCUT2D eigenvalue weighted by molar-refractivity contribution is 6.08. The number of benzene rings is 1. The molecule has 9 aromatic rings. The van der Waals surface area contributed by atoms with Gasteiger partial charge >= 0.3 is 6.18 Å². The van der Waals surface area contributed by atoms with Crippen LogP contribution in [-0.4, -0.2) is 85.0 Å². The van der Waals surface area contributed by atoms with Crippen LogP contribution >= 0.6 is 0 Å². The Bertz CT molecular complexity index is 3760. The van der Waals surface area contributed by atoms with Crippen molar-refractivity contribution < 1.29 is 32.3 Å². The average Bonchev–Trinajstić information content (AvgIpc) is 4.43. The number of carbonyl (C=O) groups excluding carboxylic acids is 4. The fourth-order valence-corrected chi connectivity index (χ4v) is 9.52. The molecule has 0 radical (unpaired) electrons. The van der Waals surface area contributed by atoms with Crippen LogP contribution in [0, 0.1) is 57.8 Å². The van der Waals surface area contributed by atoms with Gasteiger partial charge in [0.05, 0.1) is 22.3 Å². The van der Waals surface area contributed by atoms with Crippen molar-refractivity contribution in [1.82, 2.24) is 53.5 Å². The number of carbonyl (C=O) groups is 4. The highest BCUT2D eigenvalue weighted by Crippen LogP contribution is 2.41. The number of aryl methyl sites for hydroxylation is 4. The van der Waals surface area contributed by atoms with Gasteiger partial charge in [-0.05, 0) is 178 Å². The Morgan fingerprint density at radius 1 is 0.544 bits per heavy atom. The molecule has 79 heavy (non-hydrogen) atoms. The van der Waals surface area contributed by atoms with Crippen molar-refractivity contribution in [3.8, 4) is 12.3 Å². The van der Waals surface area contributed by atoms with Gasteiger partial charge in [-0.15, -0.1) is 6.42 Å². The Hall–Kier alpha value is -8.79. The van der Waals surface area contributed by atoms with Crippen LogP contribution < -0.4 is 21.3 Å². The molecule has 2 atom stereocenters. The second kappa shape index (κ2) is 22.7. The summed E-state index contributed by atoms with van der Waals surface area (Å²) in [6.45, 7) is 14.1. The minimum Gasteiger partial charge on any atom is -0.349 e. The number of nitrogens with zero attached hydrogens (tertiary/aromatic N) is 8. The number of fused-ring (bicyclic) bond motifs is 4. The van der Waals surface area contributed by atoms with Crippen LogP contribution in [0.1, 0.15) is 129 Å². The van der Waals surface area contributed by atoms with Gasteiger partial charge in [0.15, 0.2) is 0 Å². The zero-order valence-corrected chi connectivity index (χ0v) is 45.1. The lowest BCUT2D eigenvalue weighted by Gasteiger charge is -2.26. The van der Waals surface area contributed by atoms with Gasteiger partial charge in [0, 0.05) is 95.2 Å². The van der Waals surface area contributed by atoms with Crippen molar-refractivity contribution >= 4 is 51.9 Å². The molecule has 19 heteroatoms. The van der Waals surface area contributed by atoms with Gasteiger partial charge in [-0.2, -0.15) is 13.2 Å². The molecule has 3 aliphatic carbocycles. The van der Waals surface area contributed by atoms with Crippen LogP contribution in [0.4, 0.5) is 18.9 Å². The highest BCUT2D eigenvalue weighted by atomic mass is 19.4. The predicted octanol–water partition coefficient (Wildman–Crippen LogP) is 10.3. The van der Waals surface area contributed by atoms with E-state index >= 15 is 0 Å². The van der Waals surface area contributed by atoms with E-state index in [0.29, 0.717) is 58.3 Å². The van der Waals surface area contributed by atoms with Gasteiger partial charge in [-0.3, -0.25) is 19.2 Å². The third-order valence-electron chi connectivity index (χ3n) is 14.8. The summed E-state index contributed by atoms with van der Waals surface area (Å²) in [5, 5.41) is 11.2. The van der Waals surface area contributed by atoms with E-state index in [1.165, 1.54) is 37.9 Å². The first-order valence-electron chi connectivity index (χ1n) is 26.3. The first-order valence-corrected chi connectivity index (χ1v) is 26.3. The minimum atomic E-state index is -4.42. The van der Waals surface area contributed by atoms with Crippen molar-refractivity contribution in [2.45, 2.75) is 111 Å². The van der Waals surface area contributed by atoms with E-state index in [-0.39, 0.29) is 34.9 Å². The number of aromatic nitrogens is 8. The quantitative estimate of drug-likeness (QED) is 0.0922.